The van der Waals surface area contributed by atoms with Gasteiger partial charge in [0.25, 0.3) is 5.89 Å². The lowest BCUT2D eigenvalue weighted by atomic mass is 10.1. The Morgan fingerprint density at radius 2 is 2.06 bits per heavy atom. The van der Waals surface area contributed by atoms with Crippen LogP contribution in [-0.4, -0.2) is 71.9 Å². The highest BCUT2D eigenvalue weighted by Crippen LogP contribution is 2.23. The molecule has 1 saturated heterocycles. The molecule has 1 N–H and O–H groups in total. The summed E-state index contributed by atoms with van der Waals surface area (Å²) in [6, 6.07) is 4.89. The summed E-state index contributed by atoms with van der Waals surface area (Å²) < 4.78 is 28.5. The Labute approximate surface area is 179 Å². The van der Waals surface area contributed by atoms with E-state index in [-0.39, 0.29) is 42.6 Å². The summed E-state index contributed by atoms with van der Waals surface area (Å²) in [5.41, 5.74) is 0.0694. The van der Waals surface area contributed by atoms with Crippen LogP contribution in [0, 0.1) is 5.82 Å². The molecule has 2 aromatic rings. The minimum atomic E-state index is -0.638. The molecule has 2 heterocycles. The van der Waals surface area contributed by atoms with Crippen LogP contribution in [0.1, 0.15) is 37.3 Å². The lowest BCUT2D eigenvalue weighted by molar-refractivity contribution is -0.131. The third-order valence-corrected chi connectivity index (χ3v) is 5.00. The first-order valence-electron chi connectivity index (χ1n) is 10.1. The molecule has 1 amide bonds. The van der Waals surface area contributed by atoms with Crippen molar-refractivity contribution in [3.05, 3.63) is 35.9 Å². The number of amides is 1. The van der Waals surface area contributed by atoms with Gasteiger partial charge in [0.05, 0.1) is 19.2 Å². The highest BCUT2D eigenvalue weighted by molar-refractivity contribution is 5.99. The first-order valence-corrected chi connectivity index (χ1v) is 10.1. The van der Waals surface area contributed by atoms with E-state index >= 15 is 0 Å². The van der Waals surface area contributed by atoms with Crippen molar-refractivity contribution in [2.45, 2.75) is 38.3 Å². The topological polar surface area (TPSA) is 107 Å². The van der Waals surface area contributed by atoms with E-state index in [4.69, 9.17) is 14.0 Å². The second-order valence-electron chi connectivity index (χ2n) is 8.03. The van der Waals surface area contributed by atoms with Crippen molar-refractivity contribution in [2.24, 2.45) is 0 Å². The number of nitrogens with one attached hydrogen (secondary N) is 1. The van der Waals surface area contributed by atoms with Crippen molar-refractivity contribution >= 4 is 11.7 Å². The van der Waals surface area contributed by atoms with E-state index < -0.39 is 11.6 Å². The molecule has 3 rings (SSSR count). The van der Waals surface area contributed by atoms with Gasteiger partial charge in [-0.05, 0) is 51.0 Å². The molecule has 0 aliphatic carbocycles. The summed E-state index contributed by atoms with van der Waals surface area (Å²) in [6.07, 6.45) is 1.25. The molecule has 1 atom stereocenters. The van der Waals surface area contributed by atoms with Gasteiger partial charge in [-0.15, -0.1) is 0 Å². The van der Waals surface area contributed by atoms with Crippen LogP contribution in [0.15, 0.2) is 28.8 Å². The maximum Gasteiger partial charge on any atom is 0.258 e. The van der Waals surface area contributed by atoms with Gasteiger partial charge in [-0.1, -0.05) is 5.16 Å². The maximum atomic E-state index is 13.1. The van der Waals surface area contributed by atoms with Crippen LogP contribution in [-0.2, 0) is 14.3 Å². The average Bonchev–Trinajstić information content (AvgIpc) is 3.42. The van der Waals surface area contributed by atoms with Crippen molar-refractivity contribution in [1.29, 1.82) is 0 Å². The zero-order valence-electron chi connectivity index (χ0n) is 17.9. The SMILES string of the molecule is COCOCC(C)(C)NCC(=O)N1CCCC1C(=O)c1noc(-c2ccc(F)cc2)n1. The van der Waals surface area contributed by atoms with Gasteiger partial charge in [0.1, 0.15) is 12.6 Å². The summed E-state index contributed by atoms with van der Waals surface area (Å²) in [6.45, 7) is 4.93. The molecule has 0 bridgehead atoms. The highest BCUT2D eigenvalue weighted by Gasteiger charge is 2.37. The van der Waals surface area contributed by atoms with Crippen molar-refractivity contribution < 1.29 is 28.0 Å². The summed E-state index contributed by atoms with van der Waals surface area (Å²) in [4.78, 5) is 31.4. The van der Waals surface area contributed by atoms with Crippen LogP contribution in [0.4, 0.5) is 4.39 Å². The number of carbonyl (C=O) groups is 2. The minimum absolute atomic E-state index is 0.0696. The molecule has 1 aliphatic rings. The number of nitrogens with zero attached hydrogens (tertiary/aromatic N) is 3. The van der Waals surface area contributed by atoms with Crippen molar-refractivity contribution in [3.63, 3.8) is 0 Å². The summed E-state index contributed by atoms with van der Waals surface area (Å²) in [5, 5.41) is 6.93. The normalized spacial score (nSPS) is 16.6. The smallest absolute Gasteiger partial charge is 0.258 e. The van der Waals surface area contributed by atoms with Gasteiger partial charge in [0, 0.05) is 24.8 Å². The first-order chi connectivity index (χ1) is 14.8. The molecule has 1 aliphatic heterocycles. The molecule has 0 spiro atoms. The van der Waals surface area contributed by atoms with Crippen molar-refractivity contribution in [3.8, 4) is 11.5 Å². The Hall–Kier alpha value is -2.69. The van der Waals surface area contributed by atoms with Crippen LogP contribution in [0.2, 0.25) is 0 Å². The quantitative estimate of drug-likeness (QED) is 0.344. The number of ketones is 1. The molecule has 1 aromatic heterocycles. The number of Topliss-reactive ketones (excluding diaryl/α,β-unsaturated/α-hetero) is 1. The predicted molar refractivity (Wildman–Crippen MR) is 109 cm³/mol. The number of rotatable bonds is 10. The summed E-state index contributed by atoms with van der Waals surface area (Å²) in [7, 11) is 1.54. The standard InChI is InChI=1S/C21H27FN4O5/c1-21(2,12-30-13-29-3)23-11-17(27)26-10-4-5-16(26)18(28)19-24-20(31-25-19)14-6-8-15(22)9-7-14/h6-9,16,23H,4-5,10-13H2,1-3H3. The number of aromatic nitrogens is 2. The zero-order chi connectivity index (χ0) is 22.4. The van der Waals surface area contributed by atoms with Gasteiger partial charge in [0.2, 0.25) is 17.5 Å². The molecule has 1 fully saturated rings. The lowest BCUT2D eigenvalue weighted by Crippen LogP contribution is -2.51. The molecular weight excluding hydrogens is 407 g/mol. The molecule has 0 saturated carbocycles. The molecule has 168 valence electrons. The Morgan fingerprint density at radius 3 is 2.77 bits per heavy atom. The van der Waals surface area contributed by atoms with E-state index in [1.54, 1.807) is 12.0 Å². The van der Waals surface area contributed by atoms with E-state index in [1.165, 1.54) is 24.3 Å². The Bertz CT molecular complexity index is 899. The van der Waals surface area contributed by atoms with E-state index in [1.807, 2.05) is 13.8 Å². The number of likely N-dealkylation sites (tertiary alicyclic amines) is 1. The van der Waals surface area contributed by atoms with Crippen LogP contribution >= 0.6 is 0 Å². The minimum Gasteiger partial charge on any atom is -0.359 e. The largest absolute Gasteiger partial charge is 0.359 e. The number of carbonyl (C=O) groups excluding carboxylic acids is 2. The van der Waals surface area contributed by atoms with Gasteiger partial charge in [-0.2, -0.15) is 4.98 Å². The lowest BCUT2D eigenvalue weighted by Gasteiger charge is -2.28. The van der Waals surface area contributed by atoms with Gasteiger partial charge in [0.15, 0.2) is 0 Å². The number of ether oxygens (including phenoxy) is 2. The molecule has 31 heavy (non-hydrogen) atoms. The molecular formula is C21H27FN4O5. The molecule has 9 nitrogen and oxygen atoms in total. The van der Waals surface area contributed by atoms with Gasteiger partial charge in [-0.3, -0.25) is 9.59 Å². The molecule has 1 unspecified atom stereocenters. The van der Waals surface area contributed by atoms with Crippen molar-refractivity contribution in [2.75, 3.05) is 33.6 Å². The third kappa shape index (κ3) is 5.93. The van der Waals surface area contributed by atoms with Crippen LogP contribution < -0.4 is 5.32 Å². The number of hydrogen-bond donors (Lipinski definition) is 1. The van der Waals surface area contributed by atoms with Gasteiger partial charge < -0.3 is 24.2 Å². The number of hydrogen-bond acceptors (Lipinski definition) is 8. The van der Waals surface area contributed by atoms with E-state index in [9.17, 15) is 14.0 Å². The molecule has 1 aromatic carbocycles. The monoisotopic (exact) mass is 434 g/mol. The number of benzene rings is 1. The Balaban J connectivity index is 1.61. The van der Waals surface area contributed by atoms with Crippen LogP contribution in [0.3, 0.4) is 0 Å². The first kappa shape index (κ1) is 23.0. The fraction of sp³-hybridized carbons (Fsp3) is 0.524. The number of methoxy groups -OCH3 is 1. The van der Waals surface area contributed by atoms with E-state index in [0.717, 1.165) is 0 Å². The predicted octanol–water partition coefficient (Wildman–Crippen LogP) is 2.04. The second kappa shape index (κ2) is 10.1. The molecule has 10 heteroatoms. The van der Waals surface area contributed by atoms with Gasteiger partial charge in [-0.25, -0.2) is 4.39 Å². The number of halogens is 1. The highest BCUT2D eigenvalue weighted by atomic mass is 19.1. The third-order valence-electron chi connectivity index (χ3n) is 5.00. The zero-order valence-corrected chi connectivity index (χ0v) is 17.9. The van der Waals surface area contributed by atoms with Crippen LogP contribution in [0.25, 0.3) is 11.5 Å². The molecule has 0 radical (unpaired) electrons. The fourth-order valence-electron chi connectivity index (χ4n) is 3.37. The van der Waals surface area contributed by atoms with E-state index in [2.05, 4.69) is 15.5 Å². The van der Waals surface area contributed by atoms with Crippen molar-refractivity contribution in [1.82, 2.24) is 20.4 Å². The Kier molecular flexibility index (Phi) is 7.47. The fourth-order valence-corrected chi connectivity index (χ4v) is 3.37. The van der Waals surface area contributed by atoms with Gasteiger partial charge >= 0.3 is 0 Å². The summed E-state index contributed by atoms with van der Waals surface area (Å²) in [5.74, 6) is -0.908. The average molecular weight is 434 g/mol. The Morgan fingerprint density at radius 1 is 1.32 bits per heavy atom. The summed E-state index contributed by atoms with van der Waals surface area (Å²) >= 11 is 0. The van der Waals surface area contributed by atoms with Crippen LogP contribution in [0.5, 0.6) is 0 Å². The second-order valence-corrected chi connectivity index (χ2v) is 8.03. The van der Waals surface area contributed by atoms with E-state index in [0.29, 0.717) is 31.6 Å². The maximum absolute atomic E-state index is 13.1.